The Morgan fingerprint density at radius 2 is 2.00 bits per heavy atom. The Morgan fingerprint density at radius 3 is 2.67 bits per heavy atom. The number of alkyl halides is 3. The minimum absolute atomic E-state index is 0.0312. The summed E-state index contributed by atoms with van der Waals surface area (Å²) in [6.07, 6.45) is -3.49. The third-order valence-corrected chi connectivity index (χ3v) is 2.34. The molecule has 0 bridgehead atoms. The molecule has 0 atom stereocenters. The molecular formula is C13H11F3N2O3. The second-order valence-electron chi connectivity index (χ2n) is 4.03. The normalized spacial score (nSPS) is 11.2. The van der Waals surface area contributed by atoms with Crippen LogP contribution in [0.3, 0.4) is 0 Å². The first-order valence-corrected chi connectivity index (χ1v) is 5.91. The zero-order valence-electron chi connectivity index (χ0n) is 10.7. The first-order valence-electron chi connectivity index (χ1n) is 5.91. The van der Waals surface area contributed by atoms with Gasteiger partial charge in [-0.2, -0.15) is 13.2 Å². The Balaban J connectivity index is 1.88. The van der Waals surface area contributed by atoms with Gasteiger partial charge in [0.15, 0.2) is 12.3 Å². The van der Waals surface area contributed by atoms with Crippen LogP contribution in [0.25, 0.3) is 0 Å². The fraction of sp³-hybridized carbons (Fsp3) is 0.231. The van der Waals surface area contributed by atoms with Crippen LogP contribution >= 0.6 is 0 Å². The van der Waals surface area contributed by atoms with Crippen LogP contribution < -0.4 is 10.1 Å². The third-order valence-electron chi connectivity index (χ3n) is 2.34. The molecule has 2 rings (SSSR count). The van der Waals surface area contributed by atoms with Gasteiger partial charge >= 0.3 is 6.18 Å². The summed E-state index contributed by atoms with van der Waals surface area (Å²) in [4.78, 5) is 15.2. The summed E-state index contributed by atoms with van der Waals surface area (Å²) in [7, 11) is 0. The van der Waals surface area contributed by atoms with E-state index in [1.807, 2.05) is 6.07 Å². The topological polar surface area (TPSA) is 64.4 Å². The molecule has 21 heavy (non-hydrogen) atoms. The van der Waals surface area contributed by atoms with Gasteiger partial charge in [-0.15, -0.1) is 0 Å². The molecule has 0 fully saturated rings. The molecule has 0 saturated carbocycles. The number of rotatable bonds is 5. The van der Waals surface area contributed by atoms with Gasteiger partial charge in [-0.1, -0.05) is 18.2 Å². The number of nitrogens with one attached hydrogen (secondary N) is 1. The molecule has 1 aromatic heterocycles. The minimum Gasteiger partial charge on any atom is -0.484 e. The van der Waals surface area contributed by atoms with E-state index in [0.717, 1.165) is 6.26 Å². The lowest BCUT2D eigenvalue weighted by atomic mass is 10.3. The van der Waals surface area contributed by atoms with Crippen molar-refractivity contribution in [3.8, 4) is 5.75 Å². The molecule has 112 valence electrons. The van der Waals surface area contributed by atoms with Crippen molar-refractivity contribution >= 4 is 5.91 Å². The number of benzene rings is 1. The summed E-state index contributed by atoms with van der Waals surface area (Å²) in [5.41, 5.74) is -0.231. The van der Waals surface area contributed by atoms with Crippen molar-refractivity contribution in [2.75, 3.05) is 6.54 Å². The van der Waals surface area contributed by atoms with Crippen LogP contribution in [0.4, 0.5) is 13.2 Å². The van der Waals surface area contributed by atoms with Crippen molar-refractivity contribution in [2.24, 2.45) is 0 Å². The number of para-hydroxylation sites is 1. The van der Waals surface area contributed by atoms with Gasteiger partial charge in [0, 0.05) is 0 Å². The smallest absolute Gasteiger partial charge is 0.405 e. The minimum atomic E-state index is -4.47. The lowest BCUT2D eigenvalue weighted by Gasteiger charge is -2.06. The van der Waals surface area contributed by atoms with Gasteiger partial charge < -0.3 is 14.5 Å². The Morgan fingerprint density at radius 1 is 1.29 bits per heavy atom. The maximum atomic E-state index is 12.0. The molecule has 1 heterocycles. The zero-order chi connectivity index (χ0) is 15.3. The average molecular weight is 300 g/mol. The molecule has 8 heteroatoms. The molecule has 0 aliphatic rings. The highest BCUT2D eigenvalue weighted by Gasteiger charge is 2.28. The van der Waals surface area contributed by atoms with Crippen molar-refractivity contribution in [3.63, 3.8) is 0 Å². The van der Waals surface area contributed by atoms with E-state index >= 15 is 0 Å². The Hall–Kier alpha value is -2.51. The van der Waals surface area contributed by atoms with Crippen molar-refractivity contribution in [1.82, 2.24) is 10.3 Å². The van der Waals surface area contributed by atoms with E-state index in [9.17, 15) is 18.0 Å². The van der Waals surface area contributed by atoms with Gasteiger partial charge in [0.2, 0.25) is 5.89 Å². The van der Waals surface area contributed by atoms with Crippen molar-refractivity contribution in [3.05, 3.63) is 48.2 Å². The summed E-state index contributed by atoms with van der Waals surface area (Å²) in [6.45, 7) is -1.45. The Kier molecular flexibility index (Phi) is 4.46. The average Bonchev–Trinajstić information content (AvgIpc) is 2.92. The summed E-state index contributed by atoms with van der Waals surface area (Å²) in [5.74, 6) is -0.281. The molecule has 1 aromatic carbocycles. The van der Waals surface area contributed by atoms with Gasteiger partial charge in [0.1, 0.15) is 18.6 Å². The van der Waals surface area contributed by atoms with Crippen LogP contribution in [0.2, 0.25) is 0 Å². The highest BCUT2D eigenvalue weighted by molar-refractivity contribution is 5.91. The number of amides is 1. The monoisotopic (exact) mass is 300 g/mol. The predicted molar refractivity (Wildman–Crippen MR) is 65.7 cm³/mol. The number of hydrogen-bond acceptors (Lipinski definition) is 4. The number of oxazole rings is 1. The maximum absolute atomic E-state index is 12.0. The van der Waals surface area contributed by atoms with Crippen LogP contribution in [0, 0.1) is 0 Å². The van der Waals surface area contributed by atoms with Crippen LogP contribution in [0.5, 0.6) is 5.75 Å². The fourth-order valence-electron chi connectivity index (χ4n) is 1.41. The second-order valence-corrected chi connectivity index (χ2v) is 4.03. The number of aromatic nitrogens is 1. The van der Waals surface area contributed by atoms with E-state index in [1.54, 1.807) is 29.6 Å². The molecule has 5 nitrogen and oxygen atoms in total. The van der Waals surface area contributed by atoms with Crippen molar-refractivity contribution in [1.29, 1.82) is 0 Å². The number of carbonyl (C=O) groups excluding carboxylic acids is 1. The summed E-state index contributed by atoms with van der Waals surface area (Å²) >= 11 is 0. The van der Waals surface area contributed by atoms with E-state index in [0.29, 0.717) is 5.75 Å². The molecular weight excluding hydrogens is 289 g/mol. The third kappa shape index (κ3) is 4.83. The van der Waals surface area contributed by atoms with Crippen LogP contribution in [-0.4, -0.2) is 23.6 Å². The Labute approximate surface area is 117 Å². The molecule has 0 spiro atoms. The van der Waals surface area contributed by atoms with E-state index in [-0.39, 0.29) is 18.2 Å². The van der Waals surface area contributed by atoms with Gasteiger partial charge in [-0.25, -0.2) is 4.98 Å². The van der Waals surface area contributed by atoms with Crippen LogP contribution in [0.15, 0.2) is 41.0 Å². The van der Waals surface area contributed by atoms with Crippen molar-refractivity contribution in [2.45, 2.75) is 12.8 Å². The van der Waals surface area contributed by atoms with Gasteiger partial charge in [0.05, 0.1) is 0 Å². The quantitative estimate of drug-likeness (QED) is 0.921. The highest BCUT2D eigenvalue weighted by Crippen LogP contribution is 2.13. The number of ether oxygens (including phenoxy) is 1. The molecule has 1 amide bonds. The number of hydrogen-bond donors (Lipinski definition) is 1. The van der Waals surface area contributed by atoms with Gasteiger partial charge in [-0.05, 0) is 12.1 Å². The molecule has 0 radical (unpaired) electrons. The standard InChI is InChI=1S/C13H11F3N2O3/c14-13(15,16)8-17-12(19)10-6-21-11(18-10)7-20-9-4-2-1-3-5-9/h1-6H,7-8H2,(H,17,19). The van der Waals surface area contributed by atoms with E-state index < -0.39 is 18.6 Å². The van der Waals surface area contributed by atoms with Gasteiger partial charge in [0.25, 0.3) is 5.91 Å². The predicted octanol–water partition coefficient (Wildman–Crippen LogP) is 2.55. The molecule has 0 unspecified atom stereocenters. The maximum Gasteiger partial charge on any atom is 0.405 e. The van der Waals surface area contributed by atoms with Crippen LogP contribution in [-0.2, 0) is 6.61 Å². The zero-order valence-corrected chi connectivity index (χ0v) is 10.7. The second kappa shape index (κ2) is 6.29. The number of halogens is 3. The molecule has 0 aliphatic carbocycles. The molecule has 0 aliphatic heterocycles. The molecule has 0 saturated heterocycles. The highest BCUT2D eigenvalue weighted by atomic mass is 19.4. The molecule has 2 aromatic rings. The largest absolute Gasteiger partial charge is 0.484 e. The summed E-state index contributed by atoms with van der Waals surface area (Å²) < 4.78 is 46.2. The Bertz CT molecular complexity index is 596. The summed E-state index contributed by atoms with van der Waals surface area (Å²) in [6, 6.07) is 8.82. The number of nitrogens with zero attached hydrogens (tertiary/aromatic N) is 1. The first kappa shape index (κ1) is 14.9. The lowest BCUT2D eigenvalue weighted by Crippen LogP contribution is -2.33. The van der Waals surface area contributed by atoms with E-state index in [1.165, 1.54) is 0 Å². The first-order chi connectivity index (χ1) is 9.94. The fourth-order valence-corrected chi connectivity index (χ4v) is 1.41. The summed E-state index contributed by atoms with van der Waals surface area (Å²) in [5, 5.41) is 1.70. The van der Waals surface area contributed by atoms with Crippen LogP contribution in [0.1, 0.15) is 16.4 Å². The van der Waals surface area contributed by atoms with Gasteiger partial charge in [-0.3, -0.25) is 4.79 Å². The van der Waals surface area contributed by atoms with E-state index in [2.05, 4.69) is 4.98 Å². The molecule has 1 N–H and O–H groups in total. The lowest BCUT2D eigenvalue weighted by molar-refractivity contribution is -0.123. The van der Waals surface area contributed by atoms with E-state index in [4.69, 9.17) is 9.15 Å². The number of carbonyl (C=O) groups is 1. The SMILES string of the molecule is O=C(NCC(F)(F)F)c1coc(COc2ccccc2)n1. The van der Waals surface area contributed by atoms with Crippen molar-refractivity contribution < 1.29 is 27.1 Å².